The minimum atomic E-state index is -0.675. The van der Waals surface area contributed by atoms with Gasteiger partial charge in [-0.3, -0.25) is 9.59 Å². The van der Waals surface area contributed by atoms with E-state index < -0.39 is 5.54 Å². The quantitative estimate of drug-likeness (QED) is 0.0583. The number of benzene rings is 2. The van der Waals surface area contributed by atoms with E-state index in [1.54, 1.807) is 6.07 Å². The molecule has 0 unspecified atom stereocenters. The molecule has 3 aromatic heterocycles. The molecule has 0 spiro atoms. The minimum Gasteiger partial charge on any atom is -0.424 e. The van der Waals surface area contributed by atoms with Crippen LogP contribution in [0.15, 0.2) is 47.1 Å². The van der Waals surface area contributed by atoms with E-state index in [1.807, 2.05) is 21.7 Å². The van der Waals surface area contributed by atoms with Crippen molar-refractivity contribution in [3.63, 3.8) is 0 Å². The Kier molecular flexibility index (Phi) is 16.8. The standard InChI is InChI=1S/C44H60N10O9/c45-41-39-40(33-5-6-36-35(27-33)51-43(46)63-36)52-54(42(39)50-30-49-41)28-31-3-4-34-29-53(13-7-32(34)26-31)38(56)8-15-58-17-19-60-21-23-62-25-24-61-22-20-59-18-16-57-14-1-2-37(55)44(47)9-11-48-12-10-44/h3-6,26-27,30,48H,1-2,7-25,28-29,47H2,(H2,46,51)(H2,45,49,50). The lowest BCUT2D eigenvalue weighted by atomic mass is 9.83. The van der Waals surface area contributed by atoms with Crippen molar-refractivity contribution in [3.05, 3.63) is 59.4 Å². The SMILES string of the molecule is Nc1nc2cc(-c3nn(Cc4ccc5c(c4)CCN(C(=O)CCOCCOCCOCCOCCOCCOCCCC(=O)C4(N)CCNCC4)C5)c4ncnc(N)c34)ccc2o1. The van der Waals surface area contributed by atoms with E-state index in [4.69, 9.17) is 55.1 Å². The fourth-order valence-electron chi connectivity index (χ4n) is 7.78. The monoisotopic (exact) mass is 872 g/mol. The van der Waals surface area contributed by atoms with Crippen LogP contribution in [0.1, 0.15) is 48.8 Å². The summed E-state index contributed by atoms with van der Waals surface area (Å²) in [6.45, 7) is 8.64. The van der Waals surface area contributed by atoms with E-state index in [1.165, 1.54) is 11.9 Å². The molecule has 2 aromatic carbocycles. The molecule has 0 atom stereocenters. The Bertz CT molecular complexity index is 2260. The van der Waals surface area contributed by atoms with Crippen LogP contribution in [0.4, 0.5) is 11.8 Å². The summed E-state index contributed by atoms with van der Waals surface area (Å²) in [5.41, 5.74) is 24.4. The number of nitrogens with two attached hydrogens (primary N) is 3. The van der Waals surface area contributed by atoms with E-state index in [2.05, 4.69) is 38.5 Å². The molecule has 340 valence electrons. The van der Waals surface area contributed by atoms with Crippen molar-refractivity contribution in [1.29, 1.82) is 0 Å². The lowest BCUT2D eigenvalue weighted by Crippen LogP contribution is -2.54. The van der Waals surface area contributed by atoms with Gasteiger partial charge in [-0.05, 0) is 73.7 Å². The summed E-state index contributed by atoms with van der Waals surface area (Å²) in [4.78, 5) is 40.3. The second-order valence-electron chi connectivity index (χ2n) is 15.7. The van der Waals surface area contributed by atoms with Crippen molar-refractivity contribution in [1.82, 2.24) is 34.9 Å². The van der Waals surface area contributed by atoms with Crippen molar-refractivity contribution in [2.24, 2.45) is 5.73 Å². The topological polar surface area (TPSA) is 252 Å². The number of hydrogen-bond donors (Lipinski definition) is 4. The van der Waals surface area contributed by atoms with Gasteiger partial charge in [0.1, 0.15) is 23.4 Å². The maximum absolute atomic E-state index is 13.0. The number of anilines is 2. The largest absolute Gasteiger partial charge is 0.424 e. The molecule has 7 rings (SSSR count). The molecule has 5 heterocycles. The molecule has 5 aromatic rings. The number of rotatable bonds is 26. The fraction of sp³-hybridized carbons (Fsp3) is 0.545. The highest BCUT2D eigenvalue weighted by atomic mass is 16.6. The van der Waals surface area contributed by atoms with Gasteiger partial charge in [-0.25, -0.2) is 14.6 Å². The second kappa shape index (κ2) is 23.0. The highest BCUT2D eigenvalue weighted by Gasteiger charge is 2.34. The van der Waals surface area contributed by atoms with Crippen LogP contribution in [0.25, 0.3) is 33.4 Å². The molecule has 0 aliphatic carbocycles. The maximum Gasteiger partial charge on any atom is 0.292 e. The molecule has 63 heavy (non-hydrogen) atoms. The molecule has 7 N–H and O–H groups in total. The smallest absolute Gasteiger partial charge is 0.292 e. The van der Waals surface area contributed by atoms with Crippen LogP contribution in [0.5, 0.6) is 0 Å². The van der Waals surface area contributed by atoms with Gasteiger partial charge in [-0.2, -0.15) is 10.1 Å². The number of carbonyl (C=O) groups is 2. The van der Waals surface area contributed by atoms with E-state index >= 15 is 0 Å². The van der Waals surface area contributed by atoms with E-state index in [9.17, 15) is 9.59 Å². The Morgan fingerprint density at radius 1 is 0.778 bits per heavy atom. The number of aromatic nitrogens is 5. The van der Waals surface area contributed by atoms with Crippen molar-refractivity contribution >= 4 is 45.7 Å². The van der Waals surface area contributed by atoms with Crippen LogP contribution in [-0.4, -0.2) is 146 Å². The van der Waals surface area contributed by atoms with Gasteiger partial charge in [0, 0.05) is 31.7 Å². The van der Waals surface area contributed by atoms with Crippen LogP contribution in [0, 0.1) is 0 Å². The summed E-state index contributed by atoms with van der Waals surface area (Å²) in [6.07, 6.45) is 5.02. The zero-order chi connectivity index (χ0) is 43.9. The summed E-state index contributed by atoms with van der Waals surface area (Å²) in [6, 6.07) is 12.0. The second-order valence-corrected chi connectivity index (χ2v) is 15.7. The van der Waals surface area contributed by atoms with Gasteiger partial charge in [0.15, 0.2) is 17.0 Å². The van der Waals surface area contributed by atoms with E-state index in [0.29, 0.717) is 165 Å². The normalized spacial score (nSPS) is 15.0. The number of ether oxygens (including phenoxy) is 6. The van der Waals surface area contributed by atoms with Crippen LogP contribution in [0.2, 0.25) is 0 Å². The van der Waals surface area contributed by atoms with E-state index in [-0.39, 0.29) is 17.7 Å². The fourth-order valence-corrected chi connectivity index (χ4v) is 7.78. The number of nitrogens with one attached hydrogen (secondary N) is 1. The number of Topliss-reactive ketones (excluding diaryl/α,β-unsaturated/α-hetero) is 1. The van der Waals surface area contributed by atoms with Gasteiger partial charge in [0.25, 0.3) is 6.01 Å². The van der Waals surface area contributed by atoms with Gasteiger partial charge in [0.05, 0.1) is 96.6 Å². The Balaban J connectivity index is 0.696. The number of hydrogen-bond acceptors (Lipinski definition) is 17. The summed E-state index contributed by atoms with van der Waals surface area (Å²) in [5.74, 6) is 0.536. The number of nitrogen functional groups attached to an aromatic ring is 2. The third-order valence-electron chi connectivity index (χ3n) is 11.3. The van der Waals surface area contributed by atoms with Crippen molar-refractivity contribution < 1.29 is 42.4 Å². The van der Waals surface area contributed by atoms with Crippen LogP contribution < -0.4 is 22.5 Å². The minimum absolute atomic E-state index is 0.0656. The average Bonchev–Trinajstić information content (AvgIpc) is 3.86. The molecule has 1 amide bonds. The number of nitrogens with zero attached hydrogens (tertiary/aromatic N) is 6. The van der Waals surface area contributed by atoms with Gasteiger partial charge in [0.2, 0.25) is 5.91 Å². The van der Waals surface area contributed by atoms with Gasteiger partial charge < -0.3 is 60.3 Å². The lowest BCUT2D eigenvalue weighted by molar-refractivity contribution is -0.133. The number of ketones is 1. The summed E-state index contributed by atoms with van der Waals surface area (Å²) < 4.78 is 40.7. The van der Waals surface area contributed by atoms with Gasteiger partial charge >= 0.3 is 0 Å². The Labute approximate surface area is 366 Å². The zero-order valence-corrected chi connectivity index (χ0v) is 35.9. The molecule has 2 aliphatic heterocycles. The molecular formula is C44H60N10O9. The summed E-state index contributed by atoms with van der Waals surface area (Å²) >= 11 is 0. The molecule has 19 nitrogen and oxygen atoms in total. The molecule has 1 saturated heterocycles. The number of piperidine rings is 1. The molecule has 0 radical (unpaired) electrons. The van der Waals surface area contributed by atoms with Crippen molar-refractivity contribution in [2.75, 3.05) is 110 Å². The number of oxazole rings is 1. The zero-order valence-electron chi connectivity index (χ0n) is 35.9. The molecule has 0 saturated carbocycles. The van der Waals surface area contributed by atoms with Crippen LogP contribution >= 0.6 is 0 Å². The molecule has 2 aliphatic rings. The first-order valence-corrected chi connectivity index (χ1v) is 21.8. The molecule has 1 fully saturated rings. The van der Waals surface area contributed by atoms with Gasteiger partial charge in [-0.1, -0.05) is 18.2 Å². The highest BCUT2D eigenvalue weighted by Crippen LogP contribution is 2.33. The first kappa shape index (κ1) is 45.9. The third kappa shape index (κ3) is 12.8. The summed E-state index contributed by atoms with van der Waals surface area (Å²) in [7, 11) is 0. The van der Waals surface area contributed by atoms with Crippen molar-refractivity contribution in [2.45, 2.75) is 57.2 Å². The number of carbonyl (C=O) groups excluding carboxylic acids is 2. The first-order valence-electron chi connectivity index (χ1n) is 21.8. The molecule has 19 heteroatoms. The third-order valence-corrected chi connectivity index (χ3v) is 11.3. The Hall–Kier alpha value is -5.12. The maximum atomic E-state index is 13.0. The molecular weight excluding hydrogens is 813 g/mol. The predicted molar refractivity (Wildman–Crippen MR) is 235 cm³/mol. The Morgan fingerprint density at radius 2 is 1.44 bits per heavy atom. The number of amides is 1. The van der Waals surface area contributed by atoms with Crippen LogP contribution in [-0.2, 0) is 57.5 Å². The highest BCUT2D eigenvalue weighted by molar-refractivity contribution is 5.99. The Morgan fingerprint density at radius 3 is 2.14 bits per heavy atom. The predicted octanol–water partition coefficient (Wildman–Crippen LogP) is 2.65. The summed E-state index contributed by atoms with van der Waals surface area (Å²) in [5, 5.41) is 8.82. The van der Waals surface area contributed by atoms with E-state index in [0.717, 1.165) is 36.2 Å². The van der Waals surface area contributed by atoms with Crippen molar-refractivity contribution in [3.8, 4) is 11.3 Å². The van der Waals surface area contributed by atoms with Crippen LogP contribution in [0.3, 0.4) is 0 Å². The molecule has 0 bridgehead atoms. The first-order chi connectivity index (χ1) is 30.8. The van der Waals surface area contributed by atoms with Gasteiger partial charge in [-0.15, -0.1) is 0 Å². The average molecular weight is 873 g/mol. The number of fused-ring (bicyclic) bond motifs is 3. The lowest BCUT2D eigenvalue weighted by Gasteiger charge is -2.32.